The summed E-state index contributed by atoms with van der Waals surface area (Å²) in [5.41, 5.74) is 6.41. The molecule has 0 radical (unpaired) electrons. The van der Waals surface area contributed by atoms with Crippen molar-refractivity contribution in [3.63, 3.8) is 0 Å². The van der Waals surface area contributed by atoms with Gasteiger partial charge in [-0.05, 0) is 73.8 Å². The second-order valence-corrected chi connectivity index (χ2v) is 8.08. The fourth-order valence-electron chi connectivity index (χ4n) is 3.88. The zero-order valence-electron chi connectivity index (χ0n) is 18.2. The average Bonchev–Trinajstić information content (AvgIpc) is 2.79. The molecule has 4 heteroatoms. The Hall–Kier alpha value is -3.06. The quantitative estimate of drug-likeness (QED) is 0.503. The molecule has 1 amide bonds. The number of carbonyl (C=O) groups is 1. The summed E-state index contributed by atoms with van der Waals surface area (Å²) >= 11 is 0. The van der Waals surface area contributed by atoms with E-state index in [0.717, 1.165) is 24.8 Å². The average molecular weight is 402 g/mol. The van der Waals surface area contributed by atoms with E-state index in [9.17, 15) is 10.1 Å². The minimum Gasteiger partial charge on any atom is -0.383 e. The van der Waals surface area contributed by atoms with Crippen molar-refractivity contribution in [3.05, 3.63) is 82.1 Å². The molecule has 1 aliphatic carbocycles. The minimum absolute atomic E-state index is 0.0207. The Labute approximate surface area is 180 Å². The number of aryl methyl sites for hydroxylation is 3. The molecule has 3 rings (SSSR count). The van der Waals surface area contributed by atoms with Crippen LogP contribution < -0.4 is 10.6 Å². The van der Waals surface area contributed by atoms with E-state index in [1.807, 2.05) is 32.0 Å². The summed E-state index contributed by atoms with van der Waals surface area (Å²) in [6, 6.07) is 16.7. The monoisotopic (exact) mass is 401 g/mol. The van der Waals surface area contributed by atoms with Crippen LogP contribution in [0.25, 0.3) is 0 Å². The van der Waals surface area contributed by atoms with E-state index in [4.69, 9.17) is 0 Å². The highest BCUT2D eigenvalue weighted by molar-refractivity contribution is 5.97. The maximum atomic E-state index is 12.6. The molecule has 4 nitrogen and oxygen atoms in total. The van der Waals surface area contributed by atoms with Crippen LogP contribution in [0.1, 0.15) is 73.5 Å². The van der Waals surface area contributed by atoms with Crippen molar-refractivity contribution in [2.24, 2.45) is 0 Å². The second kappa shape index (κ2) is 10.1. The Morgan fingerprint density at radius 3 is 2.37 bits per heavy atom. The molecule has 0 aromatic heterocycles. The van der Waals surface area contributed by atoms with Gasteiger partial charge in [-0.3, -0.25) is 4.79 Å². The molecule has 0 spiro atoms. The lowest BCUT2D eigenvalue weighted by Gasteiger charge is -2.19. The molecule has 0 saturated carbocycles. The molecule has 2 unspecified atom stereocenters. The van der Waals surface area contributed by atoms with Crippen LogP contribution in [-0.2, 0) is 24.1 Å². The van der Waals surface area contributed by atoms with Crippen LogP contribution >= 0.6 is 0 Å². The molecule has 2 atom stereocenters. The van der Waals surface area contributed by atoms with Gasteiger partial charge in [-0.15, -0.1) is 0 Å². The van der Waals surface area contributed by atoms with Crippen molar-refractivity contribution in [2.45, 2.75) is 65.0 Å². The Bertz CT molecular complexity index is 953. The van der Waals surface area contributed by atoms with Gasteiger partial charge in [0.1, 0.15) is 11.6 Å². The standard InChI is InChI=1S/C26H31N3O/c1-4-20-9-11-21(12-10-20)19(3)29-26(30)25(16-27)17-28-18(2)23-14-13-22-7-5-6-8-24(22)15-23/h9-15,17-19,28H,4-8H2,1-3H3,(H,29,30)/b25-17-. The van der Waals surface area contributed by atoms with Crippen molar-refractivity contribution < 1.29 is 4.79 Å². The molecule has 2 aromatic carbocycles. The molecule has 0 heterocycles. The summed E-state index contributed by atoms with van der Waals surface area (Å²) in [6.07, 6.45) is 7.33. The van der Waals surface area contributed by atoms with Crippen LogP contribution in [0.15, 0.2) is 54.2 Å². The van der Waals surface area contributed by atoms with Crippen LogP contribution in [0, 0.1) is 11.3 Å². The van der Waals surface area contributed by atoms with E-state index in [-0.39, 0.29) is 23.6 Å². The van der Waals surface area contributed by atoms with Crippen molar-refractivity contribution in [2.75, 3.05) is 0 Å². The summed E-state index contributed by atoms with van der Waals surface area (Å²) in [6.45, 7) is 6.09. The van der Waals surface area contributed by atoms with Gasteiger partial charge >= 0.3 is 0 Å². The zero-order chi connectivity index (χ0) is 21.5. The van der Waals surface area contributed by atoms with Crippen molar-refractivity contribution in [3.8, 4) is 6.07 Å². The van der Waals surface area contributed by atoms with E-state index in [1.54, 1.807) is 0 Å². The summed E-state index contributed by atoms with van der Waals surface area (Å²) < 4.78 is 0. The summed E-state index contributed by atoms with van der Waals surface area (Å²) in [5, 5.41) is 15.6. The number of nitrogens with zero attached hydrogens (tertiary/aromatic N) is 1. The first-order chi connectivity index (χ1) is 14.5. The van der Waals surface area contributed by atoms with Gasteiger partial charge in [0.25, 0.3) is 5.91 Å². The number of amides is 1. The Kier molecular flexibility index (Phi) is 7.30. The number of hydrogen-bond donors (Lipinski definition) is 2. The largest absolute Gasteiger partial charge is 0.383 e. The molecular formula is C26H31N3O. The van der Waals surface area contributed by atoms with Gasteiger partial charge in [-0.25, -0.2) is 0 Å². The van der Waals surface area contributed by atoms with Crippen molar-refractivity contribution in [1.82, 2.24) is 10.6 Å². The molecule has 2 N–H and O–H groups in total. The van der Waals surface area contributed by atoms with Gasteiger partial charge < -0.3 is 10.6 Å². The predicted molar refractivity (Wildman–Crippen MR) is 121 cm³/mol. The molecule has 156 valence electrons. The van der Waals surface area contributed by atoms with Gasteiger partial charge in [-0.1, -0.05) is 49.4 Å². The molecule has 1 aliphatic rings. The highest BCUT2D eigenvalue weighted by atomic mass is 16.1. The molecule has 0 bridgehead atoms. The number of nitrogens with one attached hydrogen (secondary N) is 2. The SMILES string of the molecule is CCc1ccc(C(C)NC(=O)/C(C#N)=C\NC(C)c2ccc3c(c2)CCCC3)cc1. The number of carbonyl (C=O) groups excluding carboxylic acids is 1. The van der Waals surface area contributed by atoms with Crippen LogP contribution in [0.5, 0.6) is 0 Å². The lowest BCUT2D eigenvalue weighted by molar-refractivity contribution is -0.117. The molecule has 0 fully saturated rings. The fraction of sp³-hybridized carbons (Fsp3) is 0.385. The third-order valence-electron chi connectivity index (χ3n) is 5.95. The summed E-state index contributed by atoms with van der Waals surface area (Å²) in [4.78, 5) is 12.6. The second-order valence-electron chi connectivity index (χ2n) is 8.08. The number of rotatable bonds is 7. The molecule has 30 heavy (non-hydrogen) atoms. The van der Waals surface area contributed by atoms with Gasteiger partial charge in [0, 0.05) is 12.2 Å². The maximum Gasteiger partial charge on any atom is 0.263 e. The maximum absolute atomic E-state index is 12.6. The highest BCUT2D eigenvalue weighted by Gasteiger charge is 2.15. The lowest BCUT2D eigenvalue weighted by atomic mass is 9.89. The van der Waals surface area contributed by atoms with E-state index in [0.29, 0.717) is 0 Å². The molecule has 0 aliphatic heterocycles. The van der Waals surface area contributed by atoms with Crippen molar-refractivity contribution >= 4 is 5.91 Å². The van der Waals surface area contributed by atoms with Gasteiger partial charge in [0.05, 0.1) is 6.04 Å². The zero-order valence-corrected chi connectivity index (χ0v) is 18.2. The van der Waals surface area contributed by atoms with Gasteiger partial charge in [0.2, 0.25) is 0 Å². The number of nitriles is 1. The first-order valence-corrected chi connectivity index (χ1v) is 10.9. The topological polar surface area (TPSA) is 64.9 Å². The highest BCUT2D eigenvalue weighted by Crippen LogP contribution is 2.25. The van der Waals surface area contributed by atoms with E-state index in [2.05, 4.69) is 47.9 Å². The van der Waals surface area contributed by atoms with Crippen LogP contribution in [0.4, 0.5) is 0 Å². The van der Waals surface area contributed by atoms with E-state index in [1.165, 1.54) is 41.3 Å². The molecular weight excluding hydrogens is 370 g/mol. The minimum atomic E-state index is -0.366. The number of benzene rings is 2. The smallest absolute Gasteiger partial charge is 0.263 e. The number of fused-ring (bicyclic) bond motifs is 1. The van der Waals surface area contributed by atoms with E-state index < -0.39 is 0 Å². The molecule has 0 saturated heterocycles. The summed E-state index contributed by atoms with van der Waals surface area (Å²) in [5.74, 6) is -0.366. The van der Waals surface area contributed by atoms with E-state index >= 15 is 0 Å². The van der Waals surface area contributed by atoms with Gasteiger partial charge in [-0.2, -0.15) is 5.26 Å². The summed E-state index contributed by atoms with van der Waals surface area (Å²) in [7, 11) is 0. The van der Waals surface area contributed by atoms with Crippen LogP contribution in [0.3, 0.4) is 0 Å². The first kappa shape index (κ1) is 21.6. The number of hydrogen-bond acceptors (Lipinski definition) is 3. The predicted octanol–water partition coefficient (Wildman–Crippen LogP) is 5.06. The Morgan fingerprint density at radius 2 is 1.70 bits per heavy atom. The fourth-order valence-corrected chi connectivity index (χ4v) is 3.88. The Morgan fingerprint density at radius 1 is 1.03 bits per heavy atom. The van der Waals surface area contributed by atoms with Crippen LogP contribution in [-0.4, -0.2) is 5.91 Å². The van der Waals surface area contributed by atoms with Crippen LogP contribution in [0.2, 0.25) is 0 Å². The normalized spacial score (nSPS) is 15.5. The third-order valence-corrected chi connectivity index (χ3v) is 5.95. The lowest BCUT2D eigenvalue weighted by Crippen LogP contribution is -2.28. The van der Waals surface area contributed by atoms with Crippen molar-refractivity contribution in [1.29, 1.82) is 5.26 Å². The van der Waals surface area contributed by atoms with Gasteiger partial charge in [0.15, 0.2) is 0 Å². The molecule has 2 aromatic rings. The first-order valence-electron chi connectivity index (χ1n) is 10.9. The Balaban J connectivity index is 1.62. The third kappa shape index (κ3) is 5.30.